The zero-order valence-corrected chi connectivity index (χ0v) is 19.8. The van der Waals surface area contributed by atoms with Gasteiger partial charge in [0.25, 0.3) is 0 Å². The Bertz CT molecular complexity index is 1050. The molecular weight excluding hydrogens is 432 g/mol. The molecule has 2 amide bonds. The van der Waals surface area contributed by atoms with Gasteiger partial charge in [-0.1, -0.05) is 60.7 Å². The molecule has 0 saturated heterocycles. The number of hydrogen-bond acceptors (Lipinski definition) is 4. The fourth-order valence-corrected chi connectivity index (χ4v) is 5.31. The molecule has 2 heterocycles. The first-order valence-corrected chi connectivity index (χ1v) is 12.3. The minimum Gasteiger partial charge on any atom is -0.385 e. The van der Waals surface area contributed by atoms with E-state index in [-0.39, 0.29) is 30.8 Å². The first-order chi connectivity index (χ1) is 16.2. The lowest BCUT2D eigenvalue weighted by Crippen LogP contribution is -2.47. The molecule has 0 spiro atoms. The number of methoxy groups -OCH3 is 1. The average molecular weight is 463 g/mol. The van der Waals surface area contributed by atoms with Gasteiger partial charge in [-0.15, -0.1) is 11.3 Å². The highest BCUT2D eigenvalue weighted by atomic mass is 32.1. The second-order valence-corrected chi connectivity index (χ2v) is 9.27. The molecule has 0 aliphatic carbocycles. The van der Waals surface area contributed by atoms with Crippen LogP contribution in [0.4, 0.5) is 0 Å². The number of ether oxygens (including phenoxy) is 1. The molecule has 0 N–H and O–H groups in total. The maximum atomic E-state index is 13.6. The van der Waals surface area contributed by atoms with E-state index in [1.54, 1.807) is 23.3 Å². The van der Waals surface area contributed by atoms with Crippen LogP contribution in [0, 0.1) is 0 Å². The quantitative estimate of drug-likeness (QED) is 0.445. The highest BCUT2D eigenvalue weighted by Crippen LogP contribution is 2.37. The van der Waals surface area contributed by atoms with Crippen molar-refractivity contribution in [2.24, 2.45) is 0 Å². The van der Waals surface area contributed by atoms with Crippen LogP contribution in [0.15, 0.2) is 72.1 Å². The molecular formula is C27H30N2O3S. The molecule has 3 aromatic rings. The van der Waals surface area contributed by atoms with Crippen LogP contribution in [-0.4, -0.2) is 55.0 Å². The lowest BCUT2D eigenvalue weighted by atomic mass is 9.93. The van der Waals surface area contributed by atoms with E-state index in [9.17, 15) is 9.59 Å². The van der Waals surface area contributed by atoms with Gasteiger partial charge >= 0.3 is 0 Å². The summed E-state index contributed by atoms with van der Waals surface area (Å²) in [5, 5.41) is 2.11. The molecule has 33 heavy (non-hydrogen) atoms. The maximum Gasteiger partial charge on any atom is 0.242 e. The summed E-state index contributed by atoms with van der Waals surface area (Å²) in [6.45, 7) is 1.79. The summed E-state index contributed by atoms with van der Waals surface area (Å²) in [7, 11) is 1.65. The van der Waals surface area contributed by atoms with E-state index in [1.807, 2.05) is 53.4 Å². The van der Waals surface area contributed by atoms with Crippen LogP contribution in [0.3, 0.4) is 0 Å². The van der Waals surface area contributed by atoms with E-state index in [4.69, 9.17) is 4.74 Å². The lowest BCUT2D eigenvalue weighted by Gasteiger charge is -2.37. The summed E-state index contributed by atoms with van der Waals surface area (Å²) in [5.41, 5.74) is 3.26. The van der Waals surface area contributed by atoms with Gasteiger partial charge < -0.3 is 14.5 Å². The third kappa shape index (κ3) is 5.70. The Morgan fingerprint density at radius 1 is 1.06 bits per heavy atom. The van der Waals surface area contributed by atoms with Crippen molar-refractivity contribution in [3.63, 3.8) is 0 Å². The van der Waals surface area contributed by atoms with Crippen LogP contribution in [0.25, 0.3) is 0 Å². The standard InChI is InChI=1S/C27H30N2O3S/c1-32-17-8-15-28(25(30)19-21-9-4-2-5-10-21)20-26(31)29-16-13-24-23(14-18-33-24)27(29)22-11-6-3-7-12-22/h2-7,9-12,14,18,27H,8,13,15-17,19-20H2,1H3. The Balaban J connectivity index is 1.53. The number of hydrogen-bond donors (Lipinski definition) is 0. The van der Waals surface area contributed by atoms with Crippen molar-refractivity contribution in [3.05, 3.63) is 93.7 Å². The van der Waals surface area contributed by atoms with E-state index in [0.717, 1.165) is 17.5 Å². The first kappa shape index (κ1) is 23.2. The summed E-state index contributed by atoms with van der Waals surface area (Å²) < 4.78 is 5.18. The summed E-state index contributed by atoms with van der Waals surface area (Å²) in [6, 6.07) is 21.9. The maximum absolute atomic E-state index is 13.6. The predicted octanol–water partition coefficient (Wildman–Crippen LogP) is 4.33. The molecule has 5 nitrogen and oxygen atoms in total. The number of fused-ring (bicyclic) bond motifs is 1. The fraction of sp³-hybridized carbons (Fsp3) is 0.333. The SMILES string of the molecule is COCCCN(CC(=O)N1CCc2sccc2C1c1ccccc1)C(=O)Cc1ccccc1. The van der Waals surface area contributed by atoms with Gasteiger partial charge in [0.2, 0.25) is 11.8 Å². The van der Waals surface area contributed by atoms with Gasteiger partial charge in [0, 0.05) is 31.7 Å². The Hall–Kier alpha value is -2.96. The Morgan fingerprint density at radius 2 is 1.79 bits per heavy atom. The molecule has 0 radical (unpaired) electrons. The van der Waals surface area contributed by atoms with Gasteiger partial charge in [-0.05, 0) is 41.0 Å². The van der Waals surface area contributed by atoms with E-state index < -0.39 is 0 Å². The smallest absolute Gasteiger partial charge is 0.242 e. The second-order valence-electron chi connectivity index (χ2n) is 8.27. The first-order valence-electron chi connectivity index (χ1n) is 11.4. The van der Waals surface area contributed by atoms with E-state index in [0.29, 0.717) is 26.1 Å². The molecule has 0 bridgehead atoms. The minimum absolute atomic E-state index is 0.0143. The van der Waals surface area contributed by atoms with Crippen LogP contribution in [-0.2, 0) is 27.2 Å². The monoisotopic (exact) mass is 462 g/mol. The molecule has 1 aliphatic rings. The van der Waals surface area contributed by atoms with Gasteiger partial charge in [-0.2, -0.15) is 0 Å². The number of carbonyl (C=O) groups excluding carboxylic acids is 2. The Labute approximate surface area is 199 Å². The van der Waals surface area contributed by atoms with Crippen molar-refractivity contribution >= 4 is 23.2 Å². The van der Waals surface area contributed by atoms with Crippen molar-refractivity contribution in [1.29, 1.82) is 0 Å². The summed E-state index contributed by atoms with van der Waals surface area (Å²) >= 11 is 1.75. The van der Waals surface area contributed by atoms with Crippen LogP contribution >= 0.6 is 11.3 Å². The van der Waals surface area contributed by atoms with Gasteiger partial charge in [-0.3, -0.25) is 9.59 Å². The number of rotatable bonds is 9. The van der Waals surface area contributed by atoms with Crippen molar-refractivity contribution in [2.45, 2.75) is 25.3 Å². The average Bonchev–Trinajstić information content (AvgIpc) is 3.33. The molecule has 1 unspecified atom stereocenters. The van der Waals surface area contributed by atoms with E-state index in [1.165, 1.54) is 10.4 Å². The minimum atomic E-state index is -0.112. The molecule has 4 rings (SSSR count). The molecule has 1 atom stereocenters. The van der Waals surface area contributed by atoms with Crippen molar-refractivity contribution in [2.75, 3.05) is 33.4 Å². The molecule has 0 saturated carbocycles. The fourth-order valence-electron chi connectivity index (χ4n) is 4.41. The van der Waals surface area contributed by atoms with Crippen molar-refractivity contribution in [3.8, 4) is 0 Å². The molecule has 6 heteroatoms. The van der Waals surface area contributed by atoms with Crippen molar-refractivity contribution in [1.82, 2.24) is 9.80 Å². The molecule has 1 aromatic heterocycles. The molecule has 2 aromatic carbocycles. The number of carbonyl (C=O) groups is 2. The topological polar surface area (TPSA) is 49.9 Å². The van der Waals surface area contributed by atoms with Crippen LogP contribution in [0.5, 0.6) is 0 Å². The van der Waals surface area contributed by atoms with Gasteiger partial charge in [0.15, 0.2) is 0 Å². The summed E-state index contributed by atoms with van der Waals surface area (Å²) in [4.78, 5) is 31.7. The molecule has 1 aliphatic heterocycles. The Kier molecular flexibility index (Phi) is 7.92. The zero-order chi connectivity index (χ0) is 23.0. The number of nitrogens with zero attached hydrogens (tertiary/aromatic N) is 2. The van der Waals surface area contributed by atoms with E-state index >= 15 is 0 Å². The predicted molar refractivity (Wildman–Crippen MR) is 131 cm³/mol. The summed E-state index contributed by atoms with van der Waals surface area (Å²) in [6.07, 6.45) is 1.84. The zero-order valence-electron chi connectivity index (χ0n) is 19.0. The number of thiophene rings is 1. The van der Waals surface area contributed by atoms with Crippen molar-refractivity contribution < 1.29 is 14.3 Å². The van der Waals surface area contributed by atoms with Crippen LogP contribution < -0.4 is 0 Å². The highest BCUT2D eigenvalue weighted by Gasteiger charge is 2.33. The normalized spacial score (nSPS) is 15.2. The van der Waals surface area contributed by atoms with E-state index in [2.05, 4.69) is 23.6 Å². The molecule has 172 valence electrons. The Morgan fingerprint density at radius 3 is 2.52 bits per heavy atom. The number of benzene rings is 2. The second kappa shape index (κ2) is 11.3. The van der Waals surface area contributed by atoms with Crippen LogP contribution in [0.2, 0.25) is 0 Å². The van der Waals surface area contributed by atoms with Gasteiger partial charge in [0.1, 0.15) is 0 Å². The summed E-state index contributed by atoms with van der Waals surface area (Å²) in [5.74, 6) is -0.0466. The third-order valence-electron chi connectivity index (χ3n) is 6.06. The third-order valence-corrected chi connectivity index (χ3v) is 7.05. The number of amides is 2. The molecule has 0 fully saturated rings. The largest absolute Gasteiger partial charge is 0.385 e. The van der Waals surface area contributed by atoms with Gasteiger partial charge in [-0.25, -0.2) is 0 Å². The highest BCUT2D eigenvalue weighted by molar-refractivity contribution is 7.10. The van der Waals surface area contributed by atoms with Crippen LogP contribution in [0.1, 0.15) is 34.0 Å². The lowest BCUT2D eigenvalue weighted by molar-refractivity contribution is -0.141. The van der Waals surface area contributed by atoms with Gasteiger partial charge in [0.05, 0.1) is 19.0 Å².